The maximum atomic E-state index is 12.2. The van der Waals surface area contributed by atoms with Gasteiger partial charge in [-0.3, -0.25) is 4.79 Å². The summed E-state index contributed by atoms with van der Waals surface area (Å²) in [6, 6.07) is 7.17. The van der Waals surface area contributed by atoms with E-state index in [1.54, 1.807) is 17.5 Å². The Hall–Kier alpha value is -2.59. The summed E-state index contributed by atoms with van der Waals surface area (Å²) in [7, 11) is -4.03. The number of hydrogen-bond donors (Lipinski definition) is 1. The van der Waals surface area contributed by atoms with Gasteiger partial charge in [-0.1, -0.05) is 22.8 Å². The summed E-state index contributed by atoms with van der Waals surface area (Å²) in [5.41, 5.74) is 1.65. The van der Waals surface area contributed by atoms with Gasteiger partial charge in [0, 0.05) is 17.1 Å². The van der Waals surface area contributed by atoms with Crippen LogP contribution in [0.4, 0.5) is 5.13 Å². The number of sulfone groups is 1. The van der Waals surface area contributed by atoms with E-state index in [2.05, 4.69) is 20.5 Å². The highest BCUT2D eigenvalue weighted by molar-refractivity contribution is 7.91. The number of aryl methyl sites for hydroxylation is 1. The zero-order valence-electron chi connectivity index (χ0n) is 12.5. The highest BCUT2D eigenvalue weighted by Gasteiger charge is 2.26. The van der Waals surface area contributed by atoms with Crippen LogP contribution in [-0.4, -0.2) is 35.3 Å². The molecule has 2 aromatic heterocycles. The normalized spacial score (nSPS) is 11.4. The highest BCUT2D eigenvalue weighted by atomic mass is 32.2. The van der Waals surface area contributed by atoms with Crippen LogP contribution < -0.4 is 5.32 Å². The van der Waals surface area contributed by atoms with Crippen LogP contribution in [0.1, 0.15) is 5.56 Å². The van der Waals surface area contributed by atoms with Crippen LogP contribution in [0, 0.1) is 6.92 Å². The number of nitrogens with one attached hydrogen (secondary N) is 1. The van der Waals surface area contributed by atoms with E-state index in [0.29, 0.717) is 10.7 Å². The van der Waals surface area contributed by atoms with Crippen LogP contribution in [0.2, 0.25) is 0 Å². The molecule has 8 nitrogen and oxygen atoms in total. The van der Waals surface area contributed by atoms with Gasteiger partial charge in [0.05, 0.1) is 0 Å². The summed E-state index contributed by atoms with van der Waals surface area (Å²) in [6.07, 6.45) is 1.50. The van der Waals surface area contributed by atoms with E-state index in [1.165, 1.54) is 17.5 Å². The number of hydrogen-bond acceptors (Lipinski definition) is 8. The van der Waals surface area contributed by atoms with E-state index < -0.39 is 26.7 Å². The number of rotatable bonds is 5. The minimum absolute atomic E-state index is 0.0777. The second kappa shape index (κ2) is 6.49. The Kier molecular flexibility index (Phi) is 4.40. The lowest BCUT2D eigenvalue weighted by molar-refractivity contribution is -0.113. The average molecular weight is 364 g/mol. The molecule has 0 aliphatic heterocycles. The molecule has 0 radical (unpaired) electrons. The van der Waals surface area contributed by atoms with Crippen molar-refractivity contribution in [2.24, 2.45) is 0 Å². The largest absolute Gasteiger partial charge is 0.408 e. The minimum Gasteiger partial charge on any atom is -0.408 e. The molecule has 0 spiro atoms. The van der Waals surface area contributed by atoms with E-state index >= 15 is 0 Å². The molecule has 0 atom stereocenters. The van der Waals surface area contributed by atoms with Crippen molar-refractivity contribution in [2.75, 3.05) is 11.1 Å². The van der Waals surface area contributed by atoms with Gasteiger partial charge in [0.1, 0.15) is 5.75 Å². The number of carbonyl (C=O) groups is 1. The van der Waals surface area contributed by atoms with Crippen LogP contribution in [0.15, 0.2) is 45.5 Å². The number of benzene rings is 1. The van der Waals surface area contributed by atoms with Crippen molar-refractivity contribution < 1.29 is 17.6 Å². The first-order valence-corrected chi connectivity index (χ1v) is 9.30. The van der Waals surface area contributed by atoms with E-state index in [0.717, 1.165) is 5.56 Å². The molecule has 3 rings (SSSR count). The Morgan fingerprint density at radius 2 is 2.00 bits per heavy atom. The average Bonchev–Trinajstić information content (AvgIpc) is 3.18. The highest BCUT2D eigenvalue weighted by Crippen LogP contribution is 2.21. The first kappa shape index (κ1) is 16.3. The van der Waals surface area contributed by atoms with Gasteiger partial charge in [-0.05, 0) is 19.1 Å². The zero-order chi connectivity index (χ0) is 17.2. The Balaban J connectivity index is 1.75. The Morgan fingerprint density at radius 1 is 1.25 bits per heavy atom. The molecule has 1 aromatic carbocycles. The van der Waals surface area contributed by atoms with E-state index in [1.807, 2.05) is 19.1 Å². The lowest BCUT2D eigenvalue weighted by Gasteiger charge is -2.00. The number of amides is 1. The summed E-state index contributed by atoms with van der Waals surface area (Å²) < 4.78 is 29.6. The van der Waals surface area contributed by atoms with Crippen molar-refractivity contribution in [3.63, 3.8) is 0 Å². The van der Waals surface area contributed by atoms with Crippen molar-refractivity contribution in [2.45, 2.75) is 12.1 Å². The molecule has 3 aromatic rings. The van der Waals surface area contributed by atoms with Gasteiger partial charge in [-0.2, -0.15) is 0 Å². The molecular weight excluding hydrogens is 352 g/mol. The molecule has 1 N–H and O–H groups in total. The second-order valence-corrected chi connectivity index (χ2v) is 7.65. The van der Waals surface area contributed by atoms with Crippen LogP contribution in [0.25, 0.3) is 11.5 Å². The van der Waals surface area contributed by atoms with Crippen molar-refractivity contribution >= 4 is 32.2 Å². The van der Waals surface area contributed by atoms with Crippen LogP contribution in [-0.2, 0) is 14.6 Å². The molecule has 124 valence electrons. The fourth-order valence-corrected chi connectivity index (χ4v) is 3.28. The SMILES string of the molecule is Cc1ccc(-c2nnc(S(=O)(=O)CC(=O)Nc3nccs3)o2)cc1. The molecule has 24 heavy (non-hydrogen) atoms. The number of anilines is 1. The maximum absolute atomic E-state index is 12.2. The third-order valence-corrected chi connectivity index (χ3v) is 5.00. The fraction of sp³-hybridized carbons (Fsp3) is 0.143. The van der Waals surface area contributed by atoms with E-state index in [-0.39, 0.29) is 5.89 Å². The van der Waals surface area contributed by atoms with Gasteiger partial charge in [0.2, 0.25) is 21.6 Å². The molecule has 0 aliphatic rings. The van der Waals surface area contributed by atoms with Gasteiger partial charge in [-0.15, -0.1) is 16.4 Å². The number of thiazole rings is 1. The number of nitrogens with zero attached hydrogens (tertiary/aromatic N) is 3. The Labute approximate surface area is 141 Å². The smallest absolute Gasteiger partial charge is 0.336 e. The molecule has 0 unspecified atom stereocenters. The van der Waals surface area contributed by atoms with Gasteiger partial charge in [-0.25, -0.2) is 13.4 Å². The second-order valence-electron chi connectivity index (χ2n) is 4.88. The lowest BCUT2D eigenvalue weighted by Crippen LogP contribution is -2.23. The van der Waals surface area contributed by atoms with Gasteiger partial charge in [0.25, 0.3) is 0 Å². The summed E-state index contributed by atoms with van der Waals surface area (Å²) in [6.45, 7) is 1.93. The number of aromatic nitrogens is 3. The molecular formula is C14H12N4O4S2. The molecule has 10 heteroatoms. The monoisotopic (exact) mass is 364 g/mol. The number of carbonyl (C=O) groups excluding carboxylic acids is 1. The molecule has 0 fully saturated rings. The Bertz CT molecular complexity index is 947. The van der Waals surface area contributed by atoms with Crippen LogP contribution in [0.5, 0.6) is 0 Å². The quantitative estimate of drug-likeness (QED) is 0.735. The van der Waals surface area contributed by atoms with Gasteiger partial charge < -0.3 is 9.73 Å². The first-order valence-electron chi connectivity index (χ1n) is 6.77. The molecule has 0 saturated heterocycles. The fourth-order valence-electron chi connectivity index (χ4n) is 1.82. The molecule has 1 amide bonds. The summed E-state index contributed by atoms with van der Waals surface area (Å²) >= 11 is 1.19. The van der Waals surface area contributed by atoms with Crippen molar-refractivity contribution in [3.05, 3.63) is 41.4 Å². The first-order chi connectivity index (χ1) is 11.4. The standard InChI is InChI=1S/C14H12N4O4S2/c1-9-2-4-10(5-3-9)12-17-18-14(22-12)24(20,21)8-11(19)16-13-15-6-7-23-13/h2-7H,8H2,1H3,(H,15,16,19). The molecule has 0 bridgehead atoms. The van der Waals surface area contributed by atoms with Crippen LogP contribution >= 0.6 is 11.3 Å². The predicted octanol–water partition coefficient (Wildman–Crippen LogP) is 1.91. The molecule has 0 aliphatic carbocycles. The van der Waals surface area contributed by atoms with Crippen molar-refractivity contribution in [3.8, 4) is 11.5 Å². The zero-order valence-corrected chi connectivity index (χ0v) is 14.1. The van der Waals surface area contributed by atoms with Crippen molar-refractivity contribution in [1.29, 1.82) is 0 Å². The van der Waals surface area contributed by atoms with Gasteiger partial charge in [0.15, 0.2) is 5.13 Å². The topological polar surface area (TPSA) is 115 Å². The van der Waals surface area contributed by atoms with E-state index in [9.17, 15) is 13.2 Å². The summed E-state index contributed by atoms with van der Waals surface area (Å²) in [5, 5.41) is 11.1. The van der Waals surface area contributed by atoms with Gasteiger partial charge >= 0.3 is 5.22 Å². The summed E-state index contributed by atoms with van der Waals surface area (Å²) in [4.78, 5) is 15.7. The minimum atomic E-state index is -4.03. The lowest BCUT2D eigenvalue weighted by atomic mass is 10.1. The third-order valence-electron chi connectivity index (χ3n) is 2.97. The van der Waals surface area contributed by atoms with E-state index in [4.69, 9.17) is 4.42 Å². The molecule has 0 saturated carbocycles. The van der Waals surface area contributed by atoms with Crippen molar-refractivity contribution in [1.82, 2.24) is 15.2 Å². The summed E-state index contributed by atoms with van der Waals surface area (Å²) in [5.74, 6) is -1.45. The Morgan fingerprint density at radius 3 is 2.67 bits per heavy atom. The third kappa shape index (κ3) is 3.66. The molecule has 2 heterocycles. The van der Waals surface area contributed by atoms with Crippen LogP contribution in [0.3, 0.4) is 0 Å². The predicted molar refractivity (Wildman–Crippen MR) is 87.3 cm³/mol. The maximum Gasteiger partial charge on any atom is 0.336 e.